The molecule has 0 aliphatic rings. The molecule has 0 spiro atoms. The van der Waals surface area contributed by atoms with Crippen LogP contribution in [0, 0.1) is 13.8 Å². The zero-order chi connectivity index (χ0) is 8.43. The van der Waals surface area contributed by atoms with Crippen molar-refractivity contribution >= 4 is 0 Å². The lowest BCUT2D eigenvalue weighted by Crippen LogP contribution is -1.89. The van der Waals surface area contributed by atoms with E-state index in [2.05, 4.69) is 0 Å². The van der Waals surface area contributed by atoms with Gasteiger partial charge in [-0.1, -0.05) is 6.07 Å². The van der Waals surface area contributed by atoms with Gasteiger partial charge in [0.05, 0.1) is 7.11 Å². The molecule has 0 unspecified atom stereocenters. The van der Waals surface area contributed by atoms with E-state index in [1.54, 1.807) is 13.2 Å². The molecule has 0 aromatic heterocycles. The van der Waals surface area contributed by atoms with Gasteiger partial charge in [-0.05, 0) is 31.0 Å². The molecular formula is C9H12O2. The summed E-state index contributed by atoms with van der Waals surface area (Å²) in [4.78, 5) is 0. The van der Waals surface area contributed by atoms with Crippen LogP contribution >= 0.6 is 0 Å². The Labute approximate surface area is 66.4 Å². The second-order valence-electron chi connectivity index (χ2n) is 2.56. The second kappa shape index (κ2) is 2.82. The summed E-state index contributed by atoms with van der Waals surface area (Å²) in [5.74, 6) is 0.778. The first kappa shape index (κ1) is 7.92. The van der Waals surface area contributed by atoms with Gasteiger partial charge in [0.15, 0.2) is 11.5 Å². The molecule has 1 aromatic carbocycles. The lowest BCUT2D eigenvalue weighted by Gasteiger charge is -2.08. The van der Waals surface area contributed by atoms with E-state index in [1.807, 2.05) is 19.9 Å². The van der Waals surface area contributed by atoms with E-state index in [0.717, 1.165) is 11.1 Å². The van der Waals surface area contributed by atoms with Gasteiger partial charge in [0.1, 0.15) is 0 Å². The SMILES string of the molecule is COc1c(O)ccc(C)c1C. The highest BCUT2D eigenvalue weighted by Gasteiger charge is 2.05. The second-order valence-corrected chi connectivity index (χ2v) is 2.56. The number of phenolic OH excluding ortho intramolecular Hbond substituents is 1. The fourth-order valence-corrected chi connectivity index (χ4v) is 1.03. The van der Waals surface area contributed by atoms with Crippen LogP contribution < -0.4 is 4.74 Å². The Balaban J connectivity index is 3.29. The summed E-state index contributed by atoms with van der Waals surface area (Å²) in [6.07, 6.45) is 0. The highest BCUT2D eigenvalue weighted by atomic mass is 16.5. The van der Waals surface area contributed by atoms with Crippen molar-refractivity contribution in [3.63, 3.8) is 0 Å². The van der Waals surface area contributed by atoms with Crippen LogP contribution in [-0.2, 0) is 0 Å². The van der Waals surface area contributed by atoms with E-state index in [-0.39, 0.29) is 5.75 Å². The highest BCUT2D eigenvalue weighted by Crippen LogP contribution is 2.30. The van der Waals surface area contributed by atoms with E-state index in [1.165, 1.54) is 0 Å². The topological polar surface area (TPSA) is 29.5 Å². The zero-order valence-electron chi connectivity index (χ0n) is 7.01. The number of methoxy groups -OCH3 is 1. The van der Waals surface area contributed by atoms with Crippen LogP contribution in [0.1, 0.15) is 11.1 Å². The maximum absolute atomic E-state index is 9.29. The molecule has 0 heterocycles. The standard InChI is InChI=1S/C9H12O2/c1-6-4-5-8(10)9(11-3)7(6)2/h4-5,10H,1-3H3. The summed E-state index contributed by atoms with van der Waals surface area (Å²) < 4.78 is 5.01. The predicted molar refractivity (Wildman–Crippen MR) is 44.1 cm³/mol. The van der Waals surface area contributed by atoms with Gasteiger partial charge >= 0.3 is 0 Å². The largest absolute Gasteiger partial charge is 0.504 e. The lowest BCUT2D eigenvalue weighted by atomic mass is 10.1. The van der Waals surface area contributed by atoms with Gasteiger partial charge < -0.3 is 9.84 Å². The smallest absolute Gasteiger partial charge is 0.163 e. The van der Waals surface area contributed by atoms with Gasteiger partial charge in [0, 0.05) is 0 Å². The fraction of sp³-hybridized carbons (Fsp3) is 0.333. The van der Waals surface area contributed by atoms with E-state index in [0.29, 0.717) is 5.75 Å². The van der Waals surface area contributed by atoms with E-state index in [9.17, 15) is 5.11 Å². The average Bonchev–Trinajstić information content (AvgIpc) is 1.99. The number of aryl methyl sites for hydroxylation is 1. The van der Waals surface area contributed by atoms with E-state index < -0.39 is 0 Å². The van der Waals surface area contributed by atoms with Gasteiger partial charge in [-0.15, -0.1) is 0 Å². The maximum Gasteiger partial charge on any atom is 0.163 e. The summed E-state index contributed by atoms with van der Waals surface area (Å²) in [5.41, 5.74) is 2.12. The van der Waals surface area contributed by atoms with Crippen LogP contribution in [0.2, 0.25) is 0 Å². The Bertz CT molecular complexity index is 267. The first-order valence-electron chi connectivity index (χ1n) is 3.50. The van der Waals surface area contributed by atoms with Crippen LogP contribution in [0.3, 0.4) is 0 Å². The summed E-state index contributed by atoms with van der Waals surface area (Å²) in [6, 6.07) is 3.51. The number of benzene rings is 1. The van der Waals surface area contributed by atoms with Crippen molar-refractivity contribution in [1.29, 1.82) is 0 Å². The van der Waals surface area contributed by atoms with Crippen molar-refractivity contribution in [2.24, 2.45) is 0 Å². The molecule has 0 aliphatic carbocycles. The predicted octanol–water partition coefficient (Wildman–Crippen LogP) is 2.02. The molecule has 1 aromatic rings. The van der Waals surface area contributed by atoms with Crippen LogP contribution in [0.25, 0.3) is 0 Å². The van der Waals surface area contributed by atoms with Crippen molar-refractivity contribution in [3.8, 4) is 11.5 Å². The van der Waals surface area contributed by atoms with E-state index in [4.69, 9.17) is 4.74 Å². The molecule has 0 bridgehead atoms. The quantitative estimate of drug-likeness (QED) is 0.667. The zero-order valence-corrected chi connectivity index (χ0v) is 7.01. The molecule has 0 aliphatic heterocycles. The molecule has 2 nitrogen and oxygen atoms in total. The van der Waals surface area contributed by atoms with Gasteiger partial charge in [0.25, 0.3) is 0 Å². The Kier molecular flexibility index (Phi) is 2.03. The fourth-order valence-electron chi connectivity index (χ4n) is 1.03. The molecule has 1 rings (SSSR count). The number of ether oxygens (including phenoxy) is 1. The Morgan fingerprint density at radius 1 is 1.27 bits per heavy atom. The molecule has 0 amide bonds. The Morgan fingerprint density at radius 2 is 1.91 bits per heavy atom. The third kappa shape index (κ3) is 1.29. The molecule has 2 heteroatoms. The van der Waals surface area contributed by atoms with Crippen LogP contribution in [0.15, 0.2) is 12.1 Å². The van der Waals surface area contributed by atoms with Crippen LogP contribution in [0.5, 0.6) is 11.5 Å². The molecule has 1 N–H and O–H groups in total. The van der Waals surface area contributed by atoms with Crippen molar-refractivity contribution in [2.75, 3.05) is 7.11 Å². The Hall–Kier alpha value is -1.18. The molecule has 0 atom stereocenters. The minimum absolute atomic E-state index is 0.204. The summed E-state index contributed by atoms with van der Waals surface area (Å²) >= 11 is 0. The van der Waals surface area contributed by atoms with Crippen molar-refractivity contribution in [1.82, 2.24) is 0 Å². The van der Waals surface area contributed by atoms with Crippen LogP contribution in [0.4, 0.5) is 0 Å². The maximum atomic E-state index is 9.29. The van der Waals surface area contributed by atoms with Gasteiger partial charge in [-0.2, -0.15) is 0 Å². The molecule has 0 saturated carbocycles. The van der Waals surface area contributed by atoms with Gasteiger partial charge in [-0.25, -0.2) is 0 Å². The first-order chi connectivity index (χ1) is 5.16. The van der Waals surface area contributed by atoms with Crippen LogP contribution in [-0.4, -0.2) is 12.2 Å². The molecule has 0 saturated heterocycles. The monoisotopic (exact) mass is 152 g/mol. The lowest BCUT2D eigenvalue weighted by molar-refractivity contribution is 0.370. The van der Waals surface area contributed by atoms with Crippen molar-refractivity contribution < 1.29 is 9.84 Å². The summed E-state index contributed by atoms with van der Waals surface area (Å²) in [6.45, 7) is 3.91. The normalized spacial score (nSPS) is 9.73. The van der Waals surface area contributed by atoms with Crippen molar-refractivity contribution in [2.45, 2.75) is 13.8 Å². The molecular weight excluding hydrogens is 140 g/mol. The summed E-state index contributed by atoms with van der Waals surface area (Å²) in [5, 5.41) is 9.29. The van der Waals surface area contributed by atoms with Gasteiger partial charge in [0.2, 0.25) is 0 Å². The third-order valence-electron chi connectivity index (χ3n) is 1.86. The highest BCUT2D eigenvalue weighted by molar-refractivity contribution is 5.48. The number of hydrogen-bond donors (Lipinski definition) is 1. The Morgan fingerprint density at radius 3 is 2.36 bits per heavy atom. The third-order valence-corrected chi connectivity index (χ3v) is 1.86. The minimum atomic E-state index is 0.204. The van der Waals surface area contributed by atoms with Gasteiger partial charge in [-0.3, -0.25) is 0 Å². The first-order valence-corrected chi connectivity index (χ1v) is 3.50. The molecule has 11 heavy (non-hydrogen) atoms. The number of aromatic hydroxyl groups is 1. The van der Waals surface area contributed by atoms with E-state index >= 15 is 0 Å². The molecule has 60 valence electrons. The number of phenols is 1. The minimum Gasteiger partial charge on any atom is -0.504 e. The molecule has 0 fully saturated rings. The van der Waals surface area contributed by atoms with Crippen molar-refractivity contribution in [3.05, 3.63) is 23.3 Å². The summed E-state index contributed by atoms with van der Waals surface area (Å²) in [7, 11) is 1.56. The molecule has 0 radical (unpaired) electrons. The number of hydrogen-bond acceptors (Lipinski definition) is 2. The average molecular weight is 152 g/mol. The number of rotatable bonds is 1.